The van der Waals surface area contributed by atoms with Gasteiger partial charge in [0, 0.05) is 18.7 Å². The molecule has 1 heterocycles. The third kappa shape index (κ3) is 4.23. The van der Waals surface area contributed by atoms with Gasteiger partial charge in [-0.1, -0.05) is 25.4 Å². The minimum Gasteiger partial charge on any atom is -0.467 e. The Labute approximate surface area is 152 Å². The van der Waals surface area contributed by atoms with Crippen LogP contribution in [0.1, 0.15) is 42.9 Å². The van der Waals surface area contributed by atoms with Crippen molar-refractivity contribution < 1.29 is 17.6 Å². The van der Waals surface area contributed by atoms with Gasteiger partial charge in [-0.3, -0.25) is 4.79 Å². The van der Waals surface area contributed by atoms with Crippen LogP contribution in [0, 0.1) is 0 Å². The molecular formula is C17H21ClN2O4S. The van der Waals surface area contributed by atoms with Gasteiger partial charge in [0.25, 0.3) is 5.91 Å². The first kappa shape index (κ1) is 19.5. The molecule has 1 atom stereocenters. The summed E-state index contributed by atoms with van der Waals surface area (Å²) in [5.41, 5.74) is 0.216. The number of halogens is 1. The molecule has 136 valence electrons. The summed E-state index contributed by atoms with van der Waals surface area (Å²) in [6.45, 7) is 5.91. The van der Waals surface area contributed by atoms with E-state index in [1.54, 1.807) is 32.9 Å². The molecule has 0 saturated carbocycles. The third-order valence-corrected chi connectivity index (χ3v) is 6.37. The Hall–Kier alpha value is -1.83. The van der Waals surface area contributed by atoms with E-state index in [4.69, 9.17) is 16.0 Å². The Kier molecular flexibility index (Phi) is 6.26. The molecule has 0 unspecified atom stereocenters. The molecule has 1 aromatic heterocycles. The van der Waals surface area contributed by atoms with Crippen molar-refractivity contribution in [3.63, 3.8) is 0 Å². The van der Waals surface area contributed by atoms with Gasteiger partial charge >= 0.3 is 0 Å². The lowest BCUT2D eigenvalue weighted by atomic mass is 10.2. The number of rotatable bonds is 7. The molecule has 1 aromatic carbocycles. The predicted octanol–water partition coefficient (Wildman–Crippen LogP) is 3.45. The van der Waals surface area contributed by atoms with E-state index in [1.165, 1.54) is 28.8 Å². The van der Waals surface area contributed by atoms with Gasteiger partial charge in [0.2, 0.25) is 10.0 Å². The minimum absolute atomic E-state index is 0.0730. The number of nitrogens with one attached hydrogen (secondary N) is 1. The van der Waals surface area contributed by atoms with Gasteiger partial charge in [0.15, 0.2) is 0 Å². The maximum Gasteiger partial charge on any atom is 0.251 e. The smallest absolute Gasteiger partial charge is 0.251 e. The highest BCUT2D eigenvalue weighted by atomic mass is 35.5. The number of hydrogen-bond donors (Lipinski definition) is 1. The second-order valence-electron chi connectivity index (χ2n) is 5.45. The van der Waals surface area contributed by atoms with Crippen LogP contribution in [-0.2, 0) is 10.0 Å². The van der Waals surface area contributed by atoms with Crippen LogP contribution >= 0.6 is 11.6 Å². The normalized spacial score (nSPS) is 13.0. The number of hydrogen-bond acceptors (Lipinski definition) is 4. The molecule has 25 heavy (non-hydrogen) atoms. The van der Waals surface area contributed by atoms with Crippen molar-refractivity contribution in [1.82, 2.24) is 9.62 Å². The molecule has 0 radical (unpaired) electrons. The summed E-state index contributed by atoms with van der Waals surface area (Å²) in [6, 6.07) is 7.36. The molecule has 6 nitrogen and oxygen atoms in total. The van der Waals surface area contributed by atoms with Crippen molar-refractivity contribution in [2.75, 3.05) is 13.1 Å². The Morgan fingerprint density at radius 3 is 2.52 bits per heavy atom. The maximum atomic E-state index is 12.7. The Bertz CT molecular complexity index is 830. The number of sulfonamides is 1. The van der Waals surface area contributed by atoms with Gasteiger partial charge in [-0.2, -0.15) is 4.31 Å². The zero-order chi connectivity index (χ0) is 18.6. The summed E-state index contributed by atoms with van der Waals surface area (Å²) in [6.07, 6.45) is 1.52. The van der Waals surface area contributed by atoms with Crippen LogP contribution in [0.3, 0.4) is 0 Å². The second kappa shape index (κ2) is 8.03. The summed E-state index contributed by atoms with van der Waals surface area (Å²) < 4.78 is 31.9. The lowest BCUT2D eigenvalue weighted by Gasteiger charge is -2.20. The SMILES string of the molecule is CCN(CC)S(=O)(=O)c1cc(C(=O)N[C@H](C)c2ccco2)ccc1Cl. The van der Waals surface area contributed by atoms with Crippen LogP contribution in [0.5, 0.6) is 0 Å². The number of carbonyl (C=O) groups is 1. The van der Waals surface area contributed by atoms with E-state index in [9.17, 15) is 13.2 Å². The summed E-state index contributed by atoms with van der Waals surface area (Å²) in [5.74, 6) is 0.204. The number of benzene rings is 1. The first-order chi connectivity index (χ1) is 11.8. The largest absolute Gasteiger partial charge is 0.467 e. The molecule has 8 heteroatoms. The van der Waals surface area contributed by atoms with Crippen LogP contribution in [0.15, 0.2) is 45.9 Å². The lowest BCUT2D eigenvalue weighted by molar-refractivity contribution is 0.0935. The van der Waals surface area contributed by atoms with Crippen molar-refractivity contribution in [2.45, 2.75) is 31.7 Å². The number of carbonyl (C=O) groups excluding carboxylic acids is 1. The highest BCUT2D eigenvalue weighted by Gasteiger charge is 2.26. The summed E-state index contributed by atoms with van der Waals surface area (Å²) in [7, 11) is -3.76. The van der Waals surface area contributed by atoms with Gasteiger partial charge in [-0.25, -0.2) is 8.42 Å². The van der Waals surface area contributed by atoms with Crippen molar-refractivity contribution >= 4 is 27.5 Å². The molecule has 1 amide bonds. The van der Waals surface area contributed by atoms with E-state index in [-0.39, 0.29) is 21.5 Å². The van der Waals surface area contributed by atoms with Crippen LogP contribution < -0.4 is 5.32 Å². The van der Waals surface area contributed by atoms with E-state index in [0.717, 1.165) is 0 Å². The van der Waals surface area contributed by atoms with Crippen molar-refractivity contribution in [3.05, 3.63) is 52.9 Å². The van der Waals surface area contributed by atoms with Crippen LogP contribution in [-0.4, -0.2) is 31.7 Å². The second-order valence-corrected chi connectivity index (χ2v) is 7.76. The highest BCUT2D eigenvalue weighted by Crippen LogP contribution is 2.26. The fraction of sp³-hybridized carbons (Fsp3) is 0.353. The third-order valence-electron chi connectivity index (χ3n) is 3.83. The Balaban J connectivity index is 2.30. The lowest BCUT2D eigenvalue weighted by Crippen LogP contribution is -2.31. The van der Waals surface area contributed by atoms with Gasteiger partial charge < -0.3 is 9.73 Å². The first-order valence-electron chi connectivity index (χ1n) is 7.95. The molecule has 0 spiro atoms. The molecule has 0 bridgehead atoms. The standard InChI is InChI=1S/C17H21ClN2O4S/c1-4-20(5-2)25(22,23)16-11-13(8-9-14(16)18)17(21)19-12(3)15-7-6-10-24-15/h6-12H,4-5H2,1-3H3,(H,19,21)/t12-/m1/s1. The molecule has 0 aliphatic heterocycles. The quantitative estimate of drug-likeness (QED) is 0.792. The molecular weight excluding hydrogens is 364 g/mol. The van der Waals surface area contributed by atoms with Gasteiger partial charge in [0.05, 0.1) is 17.3 Å². The minimum atomic E-state index is -3.76. The summed E-state index contributed by atoms with van der Waals surface area (Å²) in [5, 5.41) is 2.86. The number of nitrogens with zero attached hydrogens (tertiary/aromatic N) is 1. The van der Waals surface area contributed by atoms with Crippen molar-refractivity contribution in [1.29, 1.82) is 0 Å². The van der Waals surface area contributed by atoms with E-state index < -0.39 is 15.9 Å². The molecule has 0 aliphatic carbocycles. The van der Waals surface area contributed by atoms with Gasteiger partial charge in [-0.05, 0) is 37.3 Å². The summed E-state index contributed by atoms with van der Waals surface area (Å²) in [4.78, 5) is 12.4. The molecule has 0 saturated heterocycles. The highest BCUT2D eigenvalue weighted by molar-refractivity contribution is 7.89. The van der Waals surface area contributed by atoms with E-state index in [1.807, 2.05) is 0 Å². The predicted molar refractivity (Wildman–Crippen MR) is 96.1 cm³/mol. The first-order valence-corrected chi connectivity index (χ1v) is 9.77. The molecule has 1 N–H and O–H groups in total. The molecule has 0 aliphatic rings. The Morgan fingerprint density at radius 2 is 1.96 bits per heavy atom. The fourth-order valence-corrected chi connectivity index (χ4v) is 4.39. The number of furan rings is 1. The van der Waals surface area contributed by atoms with E-state index in [0.29, 0.717) is 18.8 Å². The molecule has 2 aromatic rings. The average molecular weight is 385 g/mol. The molecule has 2 rings (SSSR count). The van der Waals surface area contributed by atoms with E-state index >= 15 is 0 Å². The zero-order valence-corrected chi connectivity index (χ0v) is 15.9. The van der Waals surface area contributed by atoms with Crippen LogP contribution in [0.2, 0.25) is 5.02 Å². The van der Waals surface area contributed by atoms with Gasteiger partial charge in [-0.15, -0.1) is 0 Å². The fourth-order valence-electron chi connectivity index (χ4n) is 2.43. The summed E-state index contributed by atoms with van der Waals surface area (Å²) >= 11 is 6.08. The van der Waals surface area contributed by atoms with Crippen LogP contribution in [0.25, 0.3) is 0 Å². The average Bonchev–Trinajstić information content (AvgIpc) is 3.10. The van der Waals surface area contributed by atoms with Crippen LogP contribution in [0.4, 0.5) is 0 Å². The zero-order valence-electron chi connectivity index (χ0n) is 14.3. The maximum absolute atomic E-state index is 12.7. The van der Waals surface area contributed by atoms with Crippen molar-refractivity contribution in [3.8, 4) is 0 Å². The topological polar surface area (TPSA) is 79.6 Å². The monoisotopic (exact) mass is 384 g/mol. The van der Waals surface area contributed by atoms with E-state index in [2.05, 4.69) is 5.32 Å². The Morgan fingerprint density at radius 1 is 1.28 bits per heavy atom. The molecule has 0 fully saturated rings. The van der Waals surface area contributed by atoms with Crippen molar-refractivity contribution in [2.24, 2.45) is 0 Å². The number of amides is 1. The van der Waals surface area contributed by atoms with Gasteiger partial charge in [0.1, 0.15) is 10.7 Å².